The predicted octanol–water partition coefficient (Wildman–Crippen LogP) is 6.74. The van der Waals surface area contributed by atoms with Crippen LogP contribution < -0.4 is 10.2 Å². The van der Waals surface area contributed by atoms with Crippen LogP contribution in [0.25, 0.3) is 11.3 Å². The number of Topliss-reactive ketones (excluding diaryl/α,β-unsaturated/α-hetero) is 1. The summed E-state index contributed by atoms with van der Waals surface area (Å²) in [7, 11) is 2.15. The second-order valence-corrected chi connectivity index (χ2v) is 12.1. The lowest BCUT2D eigenvalue weighted by Crippen LogP contribution is -2.44. The molecule has 2 aromatic carbocycles. The van der Waals surface area contributed by atoms with Crippen molar-refractivity contribution in [3.8, 4) is 11.3 Å². The number of amides is 1. The lowest BCUT2D eigenvalue weighted by atomic mass is 10.0. The van der Waals surface area contributed by atoms with Gasteiger partial charge in [0.15, 0.2) is 0 Å². The number of aromatic amines is 1. The van der Waals surface area contributed by atoms with E-state index in [-0.39, 0.29) is 17.7 Å². The van der Waals surface area contributed by atoms with E-state index in [1.807, 2.05) is 60.8 Å². The van der Waals surface area contributed by atoms with Crippen LogP contribution in [0.3, 0.4) is 0 Å². The number of aliphatic carboxylic acids is 3. The minimum atomic E-state index is -5.08. The van der Waals surface area contributed by atoms with Gasteiger partial charge in [-0.2, -0.15) is 39.5 Å². The number of imidazole rings is 1. The van der Waals surface area contributed by atoms with Crippen LogP contribution in [-0.2, 0) is 19.2 Å². The largest absolute Gasteiger partial charge is 0.490 e. The highest BCUT2D eigenvalue weighted by molar-refractivity contribution is 5.94. The molecule has 4 rings (SSSR count). The average molecular weight is 830 g/mol. The molecule has 57 heavy (non-hydrogen) atoms. The van der Waals surface area contributed by atoms with E-state index in [0.717, 1.165) is 74.6 Å². The van der Waals surface area contributed by atoms with Crippen molar-refractivity contribution >= 4 is 35.3 Å². The Morgan fingerprint density at radius 1 is 0.737 bits per heavy atom. The van der Waals surface area contributed by atoms with Crippen molar-refractivity contribution in [3.05, 3.63) is 72.2 Å². The van der Waals surface area contributed by atoms with E-state index in [2.05, 4.69) is 32.1 Å². The van der Waals surface area contributed by atoms with Crippen LogP contribution in [0.2, 0.25) is 0 Å². The molecule has 1 amide bonds. The molecule has 5 N–H and O–H groups in total. The number of unbranched alkanes of at least 4 members (excludes halogenated alkanes) is 2. The molecule has 1 fully saturated rings. The Hall–Kier alpha value is -5.67. The number of H-pyrrole nitrogens is 1. The van der Waals surface area contributed by atoms with Crippen molar-refractivity contribution in [1.82, 2.24) is 20.2 Å². The molecule has 1 aliphatic rings. The van der Waals surface area contributed by atoms with Gasteiger partial charge in [-0.25, -0.2) is 19.4 Å². The highest BCUT2D eigenvalue weighted by Gasteiger charge is 2.39. The van der Waals surface area contributed by atoms with Crippen LogP contribution in [0, 0.1) is 0 Å². The number of hydrogen-bond donors (Lipinski definition) is 5. The van der Waals surface area contributed by atoms with E-state index in [9.17, 15) is 49.1 Å². The van der Waals surface area contributed by atoms with E-state index >= 15 is 0 Å². The molecule has 2 heterocycles. The molecular formula is C35H40F9N5O8. The standard InChI is InChI=1S/C29H37N5O2.3C2HF3O2/c1-22(35)9-5-3-8-12-26(28-30-21-27(31-28)23-10-6-4-7-11-23)32-29(36)24-13-15-25(16-14-24)34-19-17-33(2)18-20-34;3*3-2(4,5)1(6)7/h4,6-7,10-11,13-16,21,26H,3,5,8-9,12,17-20H2,1-2H3,(H,30,31)(H,32,36);3*(H,6,7)/t26-;;;/m0.../s1. The molecule has 13 nitrogen and oxygen atoms in total. The first-order valence-corrected chi connectivity index (χ1v) is 16.7. The van der Waals surface area contributed by atoms with Crippen LogP contribution >= 0.6 is 0 Å². The maximum atomic E-state index is 13.2. The Morgan fingerprint density at radius 2 is 1.21 bits per heavy atom. The van der Waals surface area contributed by atoms with Crippen molar-refractivity contribution in [2.45, 2.75) is 63.6 Å². The summed E-state index contributed by atoms with van der Waals surface area (Å²) in [6.07, 6.45) is -9.35. The predicted molar refractivity (Wildman–Crippen MR) is 185 cm³/mol. The molecule has 1 aromatic heterocycles. The zero-order chi connectivity index (χ0) is 43.6. The molecule has 1 aliphatic heterocycles. The maximum Gasteiger partial charge on any atom is 0.490 e. The van der Waals surface area contributed by atoms with Crippen LogP contribution in [0.5, 0.6) is 0 Å². The maximum absolute atomic E-state index is 13.2. The summed E-state index contributed by atoms with van der Waals surface area (Å²) < 4.78 is 95.2. The summed E-state index contributed by atoms with van der Waals surface area (Å²) in [5, 5.41) is 24.6. The Balaban J connectivity index is 0.000000632. The third-order valence-electron chi connectivity index (χ3n) is 7.56. The van der Waals surface area contributed by atoms with Crippen LogP contribution in [0.4, 0.5) is 45.2 Å². The molecule has 0 radical (unpaired) electrons. The fourth-order valence-electron chi connectivity index (χ4n) is 4.58. The zero-order valence-corrected chi connectivity index (χ0v) is 30.3. The monoisotopic (exact) mass is 829 g/mol. The topological polar surface area (TPSA) is 193 Å². The average Bonchev–Trinajstić information content (AvgIpc) is 3.62. The van der Waals surface area contributed by atoms with Gasteiger partial charge in [-0.15, -0.1) is 0 Å². The number of anilines is 1. The highest BCUT2D eigenvalue weighted by atomic mass is 19.4. The zero-order valence-electron chi connectivity index (χ0n) is 30.3. The molecule has 0 aliphatic carbocycles. The number of alkyl halides is 9. The van der Waals surface area contributed by atoms with Gasteiger partial charge in [0.25, 0.3) is 5.91 Å². The van der Waals surface area contributed by atoms with E-state index < -0.39 is 36.4 Å². The second-order valence-electron chi connectivity index (χ2n) is 12.1. The van der Waals surface area contributed by atoms with Gasteiger partial charge in [-0.05, 0) is 56.6 Å². The summed E-state index contributed by atoms with van der Waals surface area (Å²) in [4.78, 5) is 63.9. The quantitative estimate of drug-likeness (QED) is 0.102. The van der Waals surface area contributed by atoms with Gasteiger partial charge in [0.1, 0.15) is 11.6 Å². The summed E-state index contributed by atoms with van der Waals surface area (Å²) in [5.74, 6) is -7.40. The van der Waals surface area contributed by atoms with Gasteiger partial charge >= 0.3 is 36.4 Å². The summed E-state index contributed by atoms with van der Waals surface area (Å²) in [6, 6.07) is 17.7. The van der Waals surface area contributed by atoms with Crippen molar-refractivity contribution in [2.75, 3.05) is 38.1 Å². The number of piperazine rings is 1. The van der Waals surface area contributed by atoms with Crippen molar-refractivity contribution in [3.63, 3.8) is 0 Å². The fraction of sp³-hybridized carbons (Fsp3) is 0.429. The number of benzene rings is 2. The first-order chi connectivity index (χ1) is 26.3. The third-order valence-corrected chi connectivity index (χ3v) is 7.56. The Bertz CT molecular complexity index is 1670. The molecule has 0 spiro atoms. The molecular weight excluding hydrogens is 789 g/mol. The van der Waals surface area contributed by atoms with Crippen LogP contribution in [0.1, 0.15) is 61.3 Å². The fourth-order valence-corrected chi connectivity index (χ4v) is 4.58. The first kappa shape index (κ1) is 49.3. The lowest BCUT2D eigenvalue weighted by Gasteiger charge is -2.34. The highest BCUT2D eigenvalue weighted by Crippen LogP contribution is 2.24. The van der Waals surface area contributed by atoms with Gasteiger partial charge in [0, 0.05) is 43.9 Å². The number of carboxylic acid groups (broad SMARTS) is 3. The number of halogens is 9. The van der Waals surface area contributed by atoms with E-state index in [4.69, 9.17) is 29.7 Å². The number of nitrogens with zero attached hydrogens (tertiary/aromatic N) is 3. The molecule has 316 valence electrons. The van der Waals surface area contributed by atoms with Gasteiger partial charge in [0.2, 0.25) is 0 Å². The number of ketones is 1. The molecule has 1 atom stereocenters. The number of rotatable bonds is 11. The minimum absolute atomic E-state index is 0.105. The molecule has 0 bridgehead atoms. The summed E-state index contributed by atoms with van der Waals surface area (Å²) >= 11 is 0. The van der Waals surface area contributed by atoms with Gasteiger partial charge < -0.3 is 40.2 Å². The van der Waals surface area contributed by atoms with E-state index in [0.29, 0.717) is 12.0 Å². The van der Waals surface area contributed by atoms with Gasteiger partial charge in [-0.3, -0.25) is 4.79 Å². The Labute approximate surface area is 319 Å². The number of likely N-dealkylation sites (N-methyl/N-ethyl adjacent to an activating group) is 1. The third kappa shape index (κ3) is 19.7. The normalized spacial score (nSPS) is 13.6. The molecule has 3 aromatic rings. The van der Waals surface area contributed by atoms with E-state index in [1.54, 1.807) is 6.92 Å². The summed E-state index contributed by atoms with van der Waals surface area (Å²) in [6.45, 7) is 5.72. The number of carbonyl (C=O) groups excluding carboxylic acids is 2. The molecule has 0 saturated carbocycles. The number of carbonyl (C=O) groups is 5. The first-order valence-electron chi connectivity index (χ1n) is 16.7. The molecule has 1 saturated heterocycles. The molecule has 22 heteroatoms. The number of hydrogen-bond acceptors (Lipinski definition) is 8. The number of carboxylic acids is 3. The van der Waals surface area contributed by atoms with E-state index in [1.165, 1.54) is 0 Å². The van der Waals surface area contributed by atoms with Gasteiger partial charge in [0.05, 0.1) is 17.9 Å². The van der Waals surface area contributed by atoms with Crippen molar-refractivity contribution in [1.29, 1.82) is 0 Å². The van der Waals surface area contributed by atoms with Gasteiger partial charge in [-0.1, -0.05) is 43.2 Å². The number of nitrogens with one attached hydrogen (secondary N) is 2. The second kappa shape index (κ2) is 22.8. The minimum Gasteiger partial charge on any atom is -0.475 e. The molecule has 0 unspecified atom stereocenters. The van der Waals surface area contributed by atoms with Crippen LogP contribution in [0.15, 0.2) is 60.8 Å². The smallest absolute Gasteiger partial charge is 0.475 e. The van der Waals surface area contributed by atoms with Crippen molar-refractivity contribution < 1.29 is 78.8 Å². The number of aromatic nitrogens is 2. The van der Waals surface area contributed by atoms with Crippen LogP contribution in [-0.4, -0.2) is 112 Å². The summed E-state index contributed by atoms with van der Waals surface area (Å²) in [5.41, 5.74) is 3.78. The lowest BCUT2D eigenvalue weighted by molar-refractivity contribution is -0.193. The van der Waals surface area contributed by atoms with Crippen molar-refractivity contribution in [2.24, 2.45) is 0 Å². The SMILES string of the molecule is CC(=O)CCCCC[C@H](NC(=O)c1ccc(N2CCN(C)CC2)cc1)c1ncc(-c2ccccc2)[nH]1.O=C(O)C(F)(F)F.O=C(O)C(F)(F)F.O=C(O)C(F)(F)F. The Kier molecular flexibility index (Phi) is 19.7. The Morgan fingerprint density at radius 3 is 1.65 bits per heavy atom.